The van der Waals surface area contributed by atoms with E-state index < -0.39 is 0 Å². The first-order chi connectivity index (χ1) is 6.65. The number of hydrogen-bond donors (Lipinski definition) is 1. The third-order valence-electron chi connectivity index (χ3n) is 1.61. The summed E-state index contributed by atoms with van der Waals surface area (Å²) >= 11 is 10.9. The highest BCUT2D eigenvalue weighted by Gasteiger charge is 2.06. The highest BCUT2D eigenvalue weighted by molar-refractivity contribution is 9.10. The fourth-order valence-electron chi connectivity index (χ4n) is 0.989. The van der Waals surface area contributed by atoms with Crippen LogP contribution in [0.4, 0.5) is 10.1 Å². The van der Waals surface area contributed by atoms with E-state index >= 15 is 0 Å². The van der Waals surface area contributed by atoms with E-state index in [-0.39, 0.29) is 5.82 Å². The second kappa shape index (κ2) is 5.83. The fourth-order valence-corrected chi connectivity index (χ4v) is 2.25. The number of benzene rings is 1. The molecular weight excluding hydrogens is 289 g/mol. The molecule has 0 bridgehead atoms. The van der Waals surface area contributed by atoms with Gasteiger partial charge in [-0.05, 0) is 34.3 Å². The highest BCUT2D eigenvalue weighted by atomic mass is 79.9. The van der Waals surface area contributed by atoms with Crippen molar-refractivity contribution in [1.82, 2.24) is 0 Å². The Bertz CT molecular complexity index is 299. The molecule has 0 aliphatic heterocycles. The largest absolute Gasteiger partial charge is 0.382 e. The lowest BCUT2D eigenvalue weighted by Gasteiger charge is -2.09. The van der Waals surface area contributed by atoms with Crippen LogP contribution < -0.4 is 5.32 Å². The molecule has 0 fully saturated rings. The Morgan fingerprint density at radius 1 is 1.57 bits per heavy atom. The first-order valence-electron chi connectivity index (χ1n) is 4.02. The van der Waals surface area contributed by atoms with E-state index in [9.17, 15) is 4.39 Å². The van der Waals surface area contributed by atoms with Crippen molar-refractivity contribution in [2.75, 3.05) is 23.9 Å². The molecule has 14 heavy (non-hydrogen) atoms. The van der Waals surface area contributed by atoms with Crippen molar-refractivity contribution in [2.24, 2.45) is 0 Å². The van der Waals surface area contributed by atoms with E-state index in [1.807, 2.05) is 6.26 Å². The lowest BCUT2D eigenvalue weighted by Crippen LogP contribution is -2.05. The minimum Gasteiger partial charge on any atom is -0.382 e. The molecule has 78 valence electrons. The van der Waals surface area contributed by atoms with Crippen LogP contribution in [-0.2, 0) is 0 Å². The summed E-state index contributed by atoms with van der Waals surface area (Å²) in [6, 6.07) is 2.70. The maximum Gasteiger partial charge on any atom is 0.125 e. The fraction of sp³-hybridized carbons (Fsp3) is 0.333. The standard InChI is InChI=1S/C9H10BrClFNS/c1-14-3-2-13-9-7(10)4-6(12)5-8(9)11/h4-5,13H,2-3H2,1H3. The molecule has 1 rings (SSSR count). The molecule has 0 spiro atoms. The molecule has 0 radical (unpaired) electrons. The monoisotopic (exact) mass is 297 g/mol. The van der Waals surface area contributed by atoms with Crippen LogP contribution in [0.15, 0.2) is 16.6 Å². The SMILES string of the molecule is CSCCNc1c(Cl)cc(F)cc1Br. The third-order valence-corrected chi connectivity index (χ3v) is 3.15. The van der Waals surface area contributed by atoms with E-state index in [2.05, 4.69) is 21.2 Å². The number of halogens is 3. The Kier molecular flexibility index (Phi) is 5.06. The molecule has 1 N–H and O–H groups in total. The maximum absolute atomic E-state index is 12.9. The molecule has 5 heteroatoms. The van der Waals surface area contributed by atoms with Crippen molar-refractivity contribution in [1.29, 1.82) is 0 Å². The smallest absolute Gasteiger partial charge is 0.125 e. The first kappa shape index (κ1) is 12.1. The summed E-state index contributed by atoms with van der Waals surface area (Å²) < 4.78 is 13.5. The Labute approximate surface area is 101 Å². The minimum atomic E-state index is -0.336. The molecule has 0 aliphatic rings. The van der Waals surface area contributed by atoms with Gasteiger partial charge in [-0.1, -0.05) is 11.6 Å². The van der Waals surface area contributed by atoms with Gasteiger partial charge in [0.2, 0.25) is 0 Å². The molecule has 0 aliphatic carbocycles. The molecule has 0 amide bonds. The normalized spacial score (nSPS) is 10.3. The molecule has 0 heterocycles. The zero-order chi connectivity index (χ0) is 10.6. The summed E-state index contributed by atoms with van der Waals surface area (Å²) in [6.45, 7) is 0.811. The Hall–Kier alpha value is 0.0700. The zero-order valence-corrected chi connectivity index (χ0v) is 10.8. The summed E-state index contributed by atoms with van der Waals surface area (Å²) in [5.74, 6) is 0.650. The molecule has 0 aromatic heterocycles. The second-order valence-electron chi connectivity index (χ2n) is 2.66. The van der Waals surface area contributed by atoms with Gasteiger partial charge >= 0.3 is 0 Å². The zero-order valence-electron chi connectivity index (χ0n) is 7.61. The van der Waals surface area contributed by atoms with Crippen molar-refractivity contribution in [3.63, 3.8) is 0 Å². The van der Waals surface area contributed by atoms with Crippen molar-refractivity contribution in [2.45, 2.75) is 0 Å². The van der Waals surface area contributed by atoms with Gasteiger partial charge in [0.05, 0.1) is 10.7 Å². The van der Waals surface area contributed by atoms with Crippen LogP contribution in [0.2, 0.25) is 5.02 Å². The number of thioether (sulfide) groups is 1. The molecule has 0 unspecified atom stereocenters. The highest BCUT2D eigenvalue weighted by Crippen LogP contribution is 2.31. The average Bonchev–Trinajstić information content (AvgIpc) is 2.09. The molecule has 0 atom stereocenters. The van der Waals surface area contributed by atoms with Gasteiger partial charge in [0.25, 0.3) is 0 Å². The number of hydrogen-bond acceptors (Lipinski definition) is 2. The van der Waals surface area contributed by atoms with E-state index in [0.29, 0.717) is 9.50 Å². The quantitative estimate of drug-likeness (QED) is 0.843. The molecule has 1 aromatic rings. The van der Waals surface area contributed by atoms with Crippen LogP contribution in [0, 0.1) is 5.82 Å². The van der Waals surface area contributed by atoms with Gasteiger partial charge < -0.3 is 5.32 Å². The summed E-state index contributed by atoms with van der Waals surface area (Å²) in [4.78, 5) is 0. The third kappa shape index (κ3) is 3.33. The molecule has 1 nitrogen and oxygen atoms in total. The molecule has 0 saturated carbocycles. The minimum absolute atomic E-state index is 0.336. The van der Waals surface area contributed by atoms with Crippen molar-refractivity contribution in [3.8, 4) is 0 Å². The van der Waals surface area contributed by atoms with E-state index in [1.54, 1.807) is 11.8 Å². The van der Waals surface area contributed by atoms with Crippen molar-refractivity contribution >= 4 is 45.0 Å². The van der Waals surface area contributed by atoms with Gasteiger partial charge in [-0.2, -0.15) is 11.8 Å². The lowest BCUT2D eigenvalue weighted by molar-refractivity contribution is 0.627. The van der Waals surface area contributed by atoms with Gasteiger partial charge in [0.15, 0.2) is 0 Å². The van der Waals surface area contributed by atoms with Gasteiger partial charge in [0, 0.05) is 16.8 Å². The summed E-state index contributed by atoms with van der Waals surface area (Å²) in [5.41, 5.74) is 0.752. The topological polar surface area (TPSA) is 12.0 Å². The number of anilines is 1. The predicted molar refractivity (Wildman–Crippen MR) is 66.0 cm³/mol. The van der Waals surface area contributed by atoms with Crippen LogP contribution >= 0.6 is 39.3 Å². The number of nitrogens with one attached hydrogen (secondary N) is 1. The average molecular weight is 299 g/mol. The van der Waals surface area contributed by atoms with Gasteiger partial charge in [-0.3, -0.25) is 0 Å². The van der Waals surface area contributed by atoms with Crippen LogP contribution in [0.25, 0.3) is 0 Å². The Balaban J connectivity index is 2.75. The van der Waals surface area contributed by atoms with Crippen LogP contribution in [0.3, 0.4) is 0 Å². The van der Waals surface area contributed by atoms with Gasteiger partial charge in [-0.15, -0.1) is 0 Å². The summed E-state index contributed by atoms with van der Waals surface area (Å²) in [7, 11) is 0. The lowest BCUT2D eigenvalue weighted by atomic mass is 10.3. The van der Waals surface area contributed by atoms with E-state index in [0.717, 1.165) is 18.0 Å². The van der Waals surface area contributed by atoms with Gasteiger partial charge in [-0.25, -0.2) is 4.39 Å². The van der Waals surface area contributed by atoms with Crippen LogP contribution in [0.5, 0.6) is 0 Å². The molecule has 1 aromatic carbocycles. The molecular formula is C9H10BrClFNS. The van der Waals surface area contributed by atoms with E-state index in [1.165, 1.54) is 12.1 Å². The number of rotatable bonds is 4. The van der Waals surface area contributed by atoms with Gasteiger partial charge in [0.1, 0.15) is 5.82 Å². The van der Waals surface area contributed by atoms with E-state index in [4.69, 9.17) is 11.6 Å². The van der Waals surface area contributed by atoms with Crippen LogP contribution in [-0.4, -0.2) is 18.6 Å². The molecule has 0 saturated heterocycles. The Morgan fingerprint density at radius 2 is 2.29 bits per heavy atom. The van der Waals surface area contributed by atoms with Crippen LogP contribution in [0.1, 0.15) is 0 Å². The summed E-state index contributed by atoms with van der Waals surface area (Å²) in [6.07, 6.45) is 2.03. The first-order valence-corrected chi connectivity index (χ1v) is 6.59. The van der Waals surface area contributed by atoms with Crippen molar-refractivity contribution < 1.29 is 4.39 Å². The predicted octanol–water partition coefficient (Wildman–Crippen LogP) is 4.02. The second-order valence-corrected chi connectivity index (χ2v) is 4.91. The summed E-state index contributed by atoms with van der Waals surface area (Å²) in [5, 5.41) is 3.54. The van der Waals surface area contributed by atoms with Crippen molar-refractivity contribution in [3.05, 3.63) is 27.4 Å². The Morgan fingerprint density at radius 3 is 2.86 bits per heavy atom. The maximum atomic E-state index is 12.9.